The highest BCUT2D eigenvalue weighted by Crippen LogP contribution is 2.33. The molecular weight excluding hydrogens is 268 g/mol. The summed E-state index contributed by atoms with van der Waals surface area (Å²) in [5.74, 6) is 0.143. The minimum atomic E-state index is 0.143. The predicted octanol–water partition coefficient (Wildman–Crippen LogP) is 3.01. The van der Waals surface area contributed by atoms with Gasteiger partial charge in [-0.05, 0) is 31.5 Å². The molecule has 0 bridgehead atoms. The highest BCUT2D eigenvalue weighted by atomic mass is 79.9. The van der Waals surface area contributed by atoms with Crippen molar-refractivity contribution in [3.63, 3.8) is 0 Å². The summed E-state index contributed by atoms with van der Waals surface area (Å²) in [6.07, 6.45) is 0.960. The fourth-order valence-electron chi connectivity index (χ4n) is 1.92. The van der Waals surface area contributed by atoms with Crippen molar-refractivity contribution < 1.29 is 4.79 Å². The van der Waals surface area contributed by atoms with Crippen LogP contribution >= 0.6 is 15.9 Å². The maximum absolute atomic E-state index is 11.9. The number of fused-ring (bicyclic) bond motifs is 1. The first-order chi connectivity index (χ1) is 7.63. The largest absolute Gasteiger partial charge is 0.374 e. The number of benzene rings is 1. The van der Waals surface area contributed by atoms with E-state index in [1.807, 2.05) is 23.1 Å². The van der Waals surface area contributed by atoms with Gasteiger partial charge in [0.15, 0.2) is 0 Å². The van der Waals surface area contributed by atoms with Gasteiger partial charge in [-0.3, -0.25) is 4.79 Å². The lowest BCUT2D eigenvalue weighted by atomic mass is 10.1. The molecule has 3 nitrogen and oxygen atoms in total. The molecule has 1 aromatic carbocycles. The topological polar surface area (TPSA) is 32.3 Å². The standard InChI is InChI=1S/C12H15BrN2O/c1-3-8(2)15-11-5-4-9(13)6-10(11)14-7-12(15)16/h4-6,8,14H,3,7H2,1-2H3. The number of carbonyl (C=O) groups excluding carboxylic acids is 1. The molecular formula is C12H15BrN2O. The Kier molecular flexibility index (Phi) is 3.19. The Balaban J connectivity index is 2.44. The molecule has 1 heterocycles. The van der Waals surface area contributed by atoms with E-state index in [4.69, 9.17) is 0 Å². The lowest BCUT2D eigenvalue weighted by molar-refractivity contribution is -0.117. The second-order valence-corrected chi connectivity index (χ2v) is 4.95. The van der Waals surface area contributed by atoms with Crippen LogP contribution in [0, 0.1) is 0 Å². The molecule has 1 aliphatic heterocycles. The van der Waals surface area contributed by atoms with Gasteiger partial charge in [0, 0.05) is 10.5 Å². The van der Waals surface area contributed by atoms with Gasteiger partial charge in [-0.2, -0.15) is 0 Å². The van der Waals surface area contributed by atoms with E-state index >= 15 is 0 Å². The minimum absolute atomic E-state index is 0.143. The molecule has 1 aliphatic rings. The van der Waals surface area contributed by atoms with Gasteiger partial charge in [-0.1, -0.05) is 22.9 Å². The molecule has 0 radical (unpaired) electrons. The normalized spacial score (nSPS) is 16.7. The molecule has 1 aromatic rings. The summed E-state index contributed by atoms with van der Waals surface area (Å²) < 4.78 is 1.03. The van der Waals surface area contributed by atoms with E-state index < -0.39 is 0 Å². The van der Waals surface area contributed by atoms with E-state index in [1.165, 1.54) is 0 Å². The number of anilines is 2. The van der Waals surface area contributed by atoms with E-state index in [1.54, 1.807) is 0 Å². The third-order valence-electron chi connectivity index (χ3n) is 2.95. The smallest absolute Gasteiger partial charge is 0.246 e. The van der Waals surface area contributed by atoms with Crippen molar-refractivity contribution in [2.45, 2.75) is 26.3 Å². The van der Waals surface area contributed by atoms with Crippen molar-refractivity contribution in [3.05, 3.63) is 22.7 Å². The Morgan fingerprint density at radius 1 is 1.56 bits per heavy atom. The summed E-state index contributed by atoms with van der Waals surface area (Å²) in [4.78, 5) is 13.8. The molecule has 0 saturated heterocycles. The monoisotopic (exact) mass is 282 g/mol. The predicted molar refractivity (Wildman–Crippen MR) is 69.9 cm³/mol. The van der Waals surface area contributed by atoms with E-state index in [0.717, 1.165) is 22.3 Å². The van der Waals surface area contributed by atoms with Gasteiger partial charge in [0.2, 0.25) is 5.91 Å². The average Bonchev–Trinajstić information content (AvgIpc) is 2.28. The molecule has 1 N–H and O–H groups in total. The second kappa shape index (κ2) is 4.45. The van der Waals surface area contributed by atoms with Gasteiger partial charge in [0.05, 0.1) is 17.9 Å². The van der Waals surface area contributed by atoms with Gasteiger partial charge in [-0.25, -0.2) is 0 Å². The number of hydrogen-bond acceptors (Lipinski definition) is 2. The Labute approximate surface area is 104 Å². The van der Waals surface area contributed by atoms with Crippen LogP contribution in [0.15, 0.2) is 22.7 Å². The average molecular weight is 283 g/mol. The van der Waals surface area contributed by atoms with Crippen molar-refractivity contribution in [1.82, 2.24) is 0 Å². The lowest BCUT2D eigenvalue weighted by Crippen LogP contribution is -2.45. The van der Waals surface area contributed by atoms with Crippen LogP contribution in [0.5, 0.6) is 0 Å². The highest BCUT2D eigenvalue weighted by Gasteiger charge is 2.26. The summed E-state index contributed by atoms with van der Waals surface area (Å²) in [6, 6.07) is 6.20. The lowest BCUT2D eigenvalue weighted by Gasteiger charge is -2.34. The molecule has 0 fully saturated rings. The fraction of sp³-hybridized carbons (Fsp3) is 0.417. The Morgan fingerprint density at radius 3 is 3.00 bits per heavy atom. The first-order valence-electron chi connectivity index (χ1n) is 5.49. The second-order valence-electron chi connectivity index (χ2n) is 4.04. The summed E-state index contributed by atoms with van der Waals surface area (Å²) in [6.45, 7) is 4.56. The Morgan fingerprint density at radius 2 is 2.31 bits per heavy atom. The minimum Gasteiger partial charge on any atom is -0.374 e. The van der Waals surface area contributed by atoms with Crippen LogP contribution in [0.4, 0.5) is 11.4 Å². The van der Waals surface area contributed by atoms with Gasteiger partial charge in [-0.15, -0.1) is 0 Å². The number of nitrogens with zero attached hydrogens (tertiary/aromatic N) is 1. The molecule has 4 heteroatoms. The number of hydrogen-bond donors (Lipinski definition) is 1. The summed E-state index contributed by atoms with van der Waals surface area (Å²) in [5.41, 5.74) is 2.00. The van der Waals surface area contributed by atoms with Crippen LogP contribution in [0.25, 0.3) is 0 Å². The summed E-state index contributed by atoms with van der Waals surface area (Å²) in [7, 11) is 0. The zero-order valence-electron chi connectivity index (χ0n) is 9.46. The van der Waals surface area contributed by atoms with Gasteiger partial charge < -0.3 is 10.2 Å². The first-order valence-corrected chi connectivity index (χ1v) is 6.28. The van der Waals surface area contributed by atoms with Gasteiger partial charge >= 0.3 is 0 Å². The third kappa shape index (κ3) is 1.94. The quantitative estimate of drug-likeness (QED) is 0.905. The first kappa shape index (κ1) is 11.5. The molecule has 0 aliphatic carbocycles. The van der Waals surface area contributed by atoms with Crippen molar-refractivity contribution in [2.75, 3.05) is 16.8 Å². The van der Waals surface area contributed by atoms with Crippen molar-refractivity contribution >= 4 is 33.2 Å². The van der Waals surface area contributed by atoms with Crippen molar-refractivity contribution in [3.8, 4) is 0 Å². The zero-order valence-corrected chi connectivity index (χ0v) is 11.0. The molecule has 1 unspecified atom stereocenters. The maximum Gasteiger partial charge on any atom is 0.246 e. The van der Waals surface area contributed by atoms with E-state index in [0.29, 0.717) is 6.54 Å². The highest BCUT2D eigenvalue weighted by molar-refractivity contribution is 9.10. The van der Waals surface area contributed by atoms with Crippen LogP contribution in [0.1, 0.15) is 20.3 Å². The molecule has 16 heavy (non-hydrogen) atoms. The summed E-state index contributed by atoms with van der Waals surface area (Å²) in [5, 5.41) is 3.14. The molecule has 2 rings (SSSR count). The molecule has 1 atom stereocenters. The van der Waals surface area contributed by atoms with Gasteiger partial charge in [0.1, 0.15) is 0 Å². The number of nitrogens with one attached hydrogen (secondary N) is 1. The number of halogens is 1. The van der Waals surface area contributed by atoms with E-state index in [9.17, 15) is 4.79 Å². The van der Waals surface area contributed by atoms with Crippen LogP contribution < -0.4 is 10.2 Å². The Hall–Kier alpha value is -1.03. The maximum atomic E-state index is 11.9. The van der Waals surface area contributed by atoms with E-state index in [2.05, 4.69) is 35.1 Å². The van der Waals surface area contributed by atoms with Crippen LogP contribution in [0.2, 0.25) is 0 Å². The number of rotatable bonds is 2. The molecule has 0 spiro atoms. The van der Waals surface area contributed by atoms with Gasteiger partial charge in [0.25, 0.3) is 0 Å². The SMILES string of the molecule is CCC(C)N1C(=O)CNc2cc(Br)ccc21. The Bertz CT molecular complexity index is 419. The van der Waals surface area contributed by atoms with Crippen LogP contribution in [-0.4, -0.2) is 18.5 Å². The van der Waals surface area contributed by atoms with Crippen LogP contribution in [-0.2, 0) is 4.79 Å². The number of amides is 1. The summed E-state index contributed by atoms with van der Waals surface area (Å²) >= 11 is 3.44. The molecule has 86 valence electrons. The molecule has 0 saturated carbocycles. The third-order valence-corrected chi connectivity index (χ3v) is 3.44. The van der Waals surface area contributed by atoms with E-state index in [-0.39, 0.29) is 11.9 Å². The molecule has 0 aromatic heterocycles. The zero-order chi connectivity index (χ0) is 11.7. The van der Waals surface area contributed by atoms with Crippen molar-refractivity contribution in [2.24, 2.45) is 0 Å². The fourth-order valence-corrected chi connectivity index (χ4v) is 2.28. The number of carbonyl (C=O) groups is 1. The molecule has 1 amide bonds. The van der Waals surface area contributed by atoms with Crippen LogP contribution in [0.3, 0.4) is 0 Å². The van der Waals surface area contributed by atoms with Crippen molar-refractivity contribution in [1.29, 1.82) is 0 Å².